The van der Waals surface area contributed by atoms with Crippen molar-refractivity contribution < 1.29 is 24.8 Å². The Morgan fingerprint density at radius 3 is 1.93 bits per heavy atom. The van der Waals surface area contributed by atoms with Crippen molar-refractivity contribution in [1.82, 2.24) is 0 Å². The SMILES string of the molecule is CCCCCCCCC=CCCCCCCCCO[C@H](CO)[C@H]1OC[C@H](O)[C@H]1O. The highest BCUT2D eigenvalue weighted by Gasteiger charge is 2.40. The fourth-order valence-corrected chi connectivity index (χ4v) is 3.79. The minimum Gasteiger partial charge on any atom is -0.394 e. The topological polar surface area (TPSA) is 79.2 Å². The fourth-order valence-electron chi connectivity index (χ4n) is 3.79. The van der Waals surface area contributed by atoms with Crippen LogP contribution in [0.2, 0.25) is 0 Å². The minimum atomic E-state index is -0.980. The molecule has 0 radical (unpaired) electrons. The molecular weight excluding hydrogens is 368 g/mol. The molecule has 5 heteroatoms. The van der Waals surface area contributed by atoms with Gasteiger partial charge in [-0.05, 0) is 32.1 Å². The highest BCUT2D eigenvalue weighted by molar-refractivity contribution is 4.88. The molecule has 0 aromatic heterocycles. The molecule has 0 aromatic carbocycles. The average Bonchev–Trinajstić information content (AvgIpc) is 3.06. The predicted octanol–water partition coefficient (Wildman–Crippen LogP) is 4.52. The Hall–Kier alpha value is -0.460. The van der Waals surface area contributed by atoms with Crippen LogP contribution in [-0.4, -0.2) is 59.6 Å². The largest absolute Gasteiger partial charge is 0.394 e. The molecule has 172 valence electrons. The van der Waals surface area contributed by atoms with E-state index in [-0.39, 0.29) is 13.2 Å². The van der Waals surface area contributed by atoms with Gasteiger partial charge in [-0.25, -0.2) is 0 Å². The Kier molecular flexibility index (Phi) is 16.8. The van der Waals surface area contributed by atoms with Crippen LogP contribution >= 0.6 is 0 Å². The predicted molar refractivity (Wildman–Crippen MR) is 118 cm³/mol. The first-order valence-corrected chi connectivity index (χ1v) is 12.1. The molecule has 29 heavy (non-hydrogen) atoms. The maximum atomic E-state index is 9.83. The molecule has 1 fully saturated rings. The molecule has 0 saturated carbocycles. The van der Waals surface area contributed by atoms with E-state index >= 15 is 0 Å². The van der Waals surface area contributed by atoms with Crippen LogP contribution in [0.3, 0.4) is 0 Å². The average molecular weight is 415 g/mol. The Bertz CT molecular complexity index is 387. The van der Waals surface area contributed by atoms with Crippen LogP contribution in [0.1, 0.15) is 96.8 Å². The van der Waals surface area contributed by atoms with Gasteiger partial charge in [0.2, 0.25) is 0 Å². The zero-order valence-electron chi connectivity index (χ0n) is 18.6. The van der Waals surface area contributed by atoms with Crippen molar-refractivity contribution in [2.24, 2.45) is 0 Å². The van der Waals surface area contributed by atoms with Gasteiger partial charge in [-0.1, -0.05) is 76.9 Å². The fraction of sp³-hybridized carbons (Fsp3) is 0.917. The minimum absolute atomic E-state index is 0.0972. The second kappa shape index (κ2) is 18.3. The lowest BCUT2D eigenvalue weighted by atomic mass is 10.1. The molecule has 1 aliphatic rings. The van der Waals surface area contributed by atoms with Gasteiger partial charge < -0.3 is 24.8 Å². The number of rotatable bonds is 19. The second-order valence-electron chi connectivity index (χ2n) is 8.39. The van der Waals surface area contributed by atoms with E-state index in [2.05, 4.69) is 19.1 Å². The van der Waals surface area contributed by atoms with Gasteiger partial charge in [0.15, 0.2) is 0 Å². The van der Waals surface area contributed by atoms with Crippen LogP contribution in [0.5, 0.6) is 0 Å². The Morgan fingerprint density at radius 1 is 0.862 bits per heavy atom. The van der Waals surface area contributed by atoms with Gasteiger partial charge in [-0.15, -0.1) is 0 Å². The van der Waals surface area contributed by atoms with E-state index in [1.807, 2.05) is 0 Å². The Labute approximate surface area is 178 Å². The summed E-state index contributed by atoms with van der Waals surface area (Å²) < 4.78 is 11.0. The quantitative estimate of drug-likeness (QED) is 0.214. The maximum Gasteiger partial charge on any atom is 0.114 e. The molecule has 0 bridgehead atoms. The van der Waals surface area contributed by atoms with Crippen molar-refractivity contribution in [3.05, 3.63) is 12.2 Å². The number of ether oxygens (including phenoxy) is 2. The van der Waals surface area contributed by atoms with Gasteiger partial charge >= 0.3 is 0 Å². The molecule has 0 amide bonds. The molecule has 0 aromatic rings. The van der Waals surface area contributed by atoms with Crippen LogP contribution < -0.4 is 0 Å². The molecule has 0 aliphatic carbocycles. The molecule has 5 nitrogen and oxygen atoms in total. The highest BCUT2D eigenvalue weighted by atomic mass is 16.6. The van der Waals surface area contributed by atoms with Gasteiger partial charge in [-0.3, -0.25) is 0 Å². The number of hydrogen-bond donors (Lipinski definition) is 3. The standard InChI is InChI=1S/C24H46O5/c1-2-3-4-5-6-7-8-9-10-11-12-13-14-15-16-17-18-28-22(19-25)24-23(27)21(26)20-29-24/h9-10,21-27H,2-8,11-20H2,1H3/t21-,22+,23+,24+/m0/s1. The normalized spacial score (nSPS) is 23.2. The van der Waals surface area contributed by atoms with Crippen molar-refractivity contribution in [2.45, 2.75) is 121 Å². The van der Waals surface area contributed by atoms with Gasteiger partial charge in [0.1, 0.15) is 24.4 Å². The van der Waals surface area contributed by atoms with E-state index in [9.17, 15) is 15.3 Å². The molecule has 4 atom stereocenters. The van der Waals surface area contributed by atoms with Gasteiger partial charge in [0.05, 0.1) is 13.2 Å². The van der Waals surface area contributed by atoms with E-state index in [1.165, 1.54) is 77.0 Å². The second-order valence-corrected chi connectivity index (χ2v) is 8.39. The smallest absolute Gasteiger partial charge is 0.114 e. The van der Waals surface area contributed by atoms with Crippen molar-refractivity contribution in [1.29, 1.82) is 0 Å². The lowest BCUT2D eigenvalue weighted by molar-refractivity contribution is -0.101. The summed E-state index contributed by atoms with van der Waals surface area (Å²) >= 11 is 0. The van der Waals surface area contributed by atoms with Crippen molar-refractivity contribution >= 4 is 0 Å². The third kappa shape index (κ3) is 12.7. The molecule has 1 heterocycles. The third-order valence-corrected chi connectivity index (χ3v) is 5.72. The highest BCUT2D eigenvalue weighted by Crippen LogP contribution is 2.20. The van der Waals surface area contributed by atoms with Crippen LogP contribution in [-0.2, 0) is 9.47 Å². The van der Waals surface area contributed by atoms with Gasteiger partial charge in [0.25, 0.3) is 0 Å². The maximum absolute atomic E-state index is 9.83. The Morgan fingerprint density at radius 2 is 1.41 bits per heavy atom. The summed E-state index contributed by atoms with van der Waals surface area (Å²) in [6.45, 7) is 2.70. The van der Waals surface area contributed by atoms with Crippen LogP contribution in [0, 0.1) is 0 Å². The lowest BCUT2D eigenvalue weighted by Gasteiger charge is -2.24. The summed E-state index contributed by atoms with van der Waals surface area (Å²) in [6.07, 6.45) is 19.4. The Balaban J connectivity index is 1.85. The zero-order chi connectivity index (χ0) is 21.2. The number of allylic oxidation sites excluding steroid dienone is 2. The van der Waals surface area contributed by atoms with E-state index in [0.29, 0.717) is 6.61 Å². The summed E-state index contributed by atoms with van der Waals surface area (Å²) in [5.41, 5.74) is 0. The molecule has 0 unspecified atom stereocenters. The molecule has 0 spiro atoms. The number of unbranched alkanes of at least 4 members (excludes halogenated alkanes) is 12. The monoisotopic (exact) mass is 414 g/mol. The van der Waals surface area contributed by atoms with Crippen LogP contribution in [0.15, 0.2) is 12.2 Å². The van der Waals surface area contributed by atoms with Gasteiger partial charge in [0, 0.05) is 6.61 Å². The lowest BCUT2D eigenvalue weighted by Crippen LogP contribution is -2.42. The third-order valence-electron chi connectivity index (χ3n) is 5.72. The van der Waals surface area contributed by atoms with Crippen molar-refractivity contribution in [3.8, 4) is 0 Å². The summed E-state index contributed by atoms with van der Waals surface area (Å²) in [5, 5.41) is 28.8. The number of hydrogen-bond acceptors (Lipinski definition) is 5. The van der Waals surface area contributed by atoms with Gasteiger partial charge in [-0.2, -0.15) is 0 Å². The molecule has 3 N–H and O–H groups in total. The summed E-state index contributed by atoms with van der Waals surface area (Å²) in [5.74, 6) is 0. The molecule has 1 rings (SSSR count). The molecular formula is C24H46O5. The van der Waals surface area contributed by atoms with E-state index in [1.54, 1.807) is 0 Å². The number of aliphatic hydroxyl groups excluding tert-OH is 3. The van der Waals surface area contributed by atoms with Crippen LogP contribution in [0.4, 0.5) is 0 Å². The molecule has 1 saturated heterocycles. The zero-order valence-corrected chi connectivity index (χ0v) is 18.6. The van der Waals surface area contributed by atoms with Crippen molar-refractivity contribution in [3.63, 3.8) is 0 Å². The van der Waals surface area contributed by atoms with E-state index < -0.39 is 24.4 Å². The first-order chi connectivity index (χ1) is 14.2. The van der Waals surface area contributed by atoms with Crippen LogP contribution in [0.25, 0.3) is 0 Å². The van der Waals surface area contributed by atoms with Crippen molar-refractivity contribution in [2.75, 3.05) is 19.8 Å². The number of aliphatic hydroxyl groups is 3. The van der Waals surface area contributed by atoms with E-state index in [4.69, 9.17) is 9.47 Å². The first-order valence-electron chi connectivity index (χ1n) is 12.1. The van der Waals surface area contributed by atoms with E-state index in [0.717, 1.165) is 12.8 Å². The summed E-state index contributed by atoms with van der Waals surface area (Å²) in [7, 11) is 0. The summed E-state index contributed by atoms with van der Waals surface area (Å²) in [6, 6.07) is 0. The molecule has 1 aliphatic heterocycles. The summed E-state index contributed by atoms with van der Waals surface area (Å²) in [4.78, 5) is 0. The first kappa shape index (κ1) is 26.6.